The van der Waals surface area contributed by atoms with Gasteiger partial charge in [-0.25, -0.2) is 0 Å². The lowest BCUT2D eigenvalue weighted by Gasteiger charge is -2.07. The van der Waals surface area contributed by atoms with Crippen LogP contribution in [0.3, 0.4) is 0 Å². The number of hydrogen-bond donors (Lipinski definition) is 2. The summed E-state index contributed by atoms with van der Waals surface area (Å²) in [5.41, 5.74) is 0.881. The number of thiophene rings is 1. The SMILES string of the molecule is O=C(CNC(=O)c1sc2ccccc2c1Cl)NCc1ccc2c(c1)OCO2. The Morgan fingerprint density at radius 2 is 1.89 bits per heavy atom. The first-order valence-corrected chi connectivity index (χ1v) is 9.42. The lowest BCUT2D eigenvalue weighted by molar-refractivity contribution is -0.120. The highest BCUT2D eigenvalue weighted by atomic mass is 35.5. The molecule has 2 N–H and O–H groups in total. The second-order valence-corrected chi connectivity index (χ2v) is 7.32. The molecule has 0 saturated carbocycles. The van der Waals surface area contributed by atoms with E-state index < -0.39 is 0 Å². The Labute approximate surface area is 164 Å². The van der Waals surface area contributed by atoms with Crippen LogP contribution in [-0.4, -0.2) is 25.2 Å². The summed E-state index contributed by atoms with van der Waals surface area (Å²) < 4.78 is 11.5. The summed E-state index contributed by atoms with van der Waals surface area (Å²) in [6.45, 7) is 0.403. The Kier molecular flexibility index (Phi) is 4.87. The van der Waals surface area contributed by atoms with Crippen LogP contribution in [0.25, 0.3) is 10.1 Å². The highest BCUT2D eigenvalue weighted by molar-refractivity contribution is 7.21. The number of carbonyl (C=O) groups excluding carboxylic acids is 2. The van der Waals surface area contributed by atoms with Crippen molar-refractivity contribution in [1.82, 2.24) is 10.6 Å². The maximum Gasteiger partial charge on any atom is 0.263 e. The minimum absolute atomic E-state index is 0.131. The molecule has 0 spiro atoms. The third-order valence-corrected chi connectivity index (χ3v) is 5.75. The normalized spacial score (nSPS) is 12.2. The first-order chi connectivity index (χ1) is 13.1. The fraction of sp³-hybridized carbons (Fsp3) is 0.158. The van der Waals surface area contributed by atoms with E-state index >= 15 is 0 Å². The molecule has 1 aromatic heterocycles. The number of rotatable bonds is 5. The van der Waals surface area contributed by atoms with Gasteiger partial charge in [0.15, 0.2) is 11.5 Å². The van der Waals surface area contributed by atoms with Crippen LogP contribution >= 0.6 is 22.9 Å². The van der Waals surface area contributed by atoms with Gasteiger partial charge in [0.05, 0.1) is 11.6 Å². The molecule has 3 aromatic rings. The minimum atomic E-state index is -0.362. The standard InChI is InChI=1S/C19H15ClN2O4S/c20-17-12-3-1-2-4-15(12)27-18(17)19(24)22-9-16(23)21-8-11-5-6-13-14(7-11)26-10-25-13/h1-7H,8-10H2,(H,21,23)(H,22,24). The Morgan fingerprint density at radius 3 is 2.74 bits per heavy atom. The van der Waals surface area contributed by atoms with E-state index in [2.05, 4.69) is 10.6 Å². The molecule has 1 aliphatic heterocycles. The van der Waals surface area contributed by atoms with Gasteiger partial charge in [-0.15, -0.1) is 11.3 Å². The van der Waals surface area contributed by atoms with Gasteiger partial charge in [0.1, 0.15) is 4.88 Å². The summed E-state index contributed by atoms with van der Waals surface area (Å²) in [4.78, 5) is 24.8. The van der Waals surface area contributed by atoms with Crippen molar-refractivity contribution in [1.29, 1.82) is 0 Å². The second kappa shape index (κ2) is 7.46. The molecule has 0 radical (unpaired) electrons. The van der Waals surface area contributed by atoms with Gasteiger partial charge < -0.3 is 20.1 Å². The van der Waals surface area contributed by atoms with Gasteiger partial charge in [0.2, 0.25) is 12.7 Å². The molecule has 0 unspecified atom stereocenters. The second-order valence-electron chi connectivity index (χ2n) is 5.89. The van der Waals surface area contributed by atoms with Gasteiger partial charge in [-0.2, -0.15) is 0 Å². The zero-order chi connectivity index (χ0) is 18.8. The number of nitrogens with one attached hydrogen (secondary N) is 2. The van der Waals surface area contributed by atoms with Crippen molar-refractivity contribution >= 4 is 44.8 Å². The van der Waals surface area contributed by atoms with E-state index in [-0.39, 0.29) is 25.2 Å². The zero-order valence-electron chi connectivity index (χ0n) is 14.1. The molecule has 138 valence electrons. The Bertz CT molecular complexity index is 1030. The van der Waals surface area contributed by atoms with Gasteiger partial charge in [-0.05, 0) is 23.8 Å². The van der Waals surface area contributed by atoms with Crippen molar-refractivity contribution in [3.8, 4) is 11.5 Å². The van der Waals surface area contributed by atoms with E-state index in [9.17, 15) is 9.59 Å². The Morgan fingerprint density at radius 1 is 1.07 bits per heavy atom. The smallest absolute Gasteiger partial charge is 0.263 e. The molecule has 1 aliphatic rings. The van der Waals surface area contributed by atoms with Gasteiger partial charge >= 0.3 is 0 Å². The summed E-state index contributed by atoms with van der Waals surface area (Å²) in [7, 11) is 0. The predicted molar refractivity (Wildman–Crippen MR) is 104 cm³/mol. The number of carbonyl (C=O) groups is 2. The summed E-state index contributed by atoms with van der Waals surface area (Å²) >= 11 is 7.59. The lowest BCUT2D eigenvalue weighted by Crippen LogP contribution is -2.36. The van der Waals surface area contributed by atoms with Gasteiger partial charge in [0.25, 0.3) is 5.91 Å². The number of hydrogen-bond acceptors (Lipinski definition) is 5. The number of amides is 2. The van der Waals surface area contributed by atoms with Crippen LogP contribution in [0.4, 0.5) is 0 Å². The third-order valence-electron chi connectivity index (χ3n) is 4.08. The number of benzene rings is 2. The molecule has 0 bridgehead atoms. The highest BCUT2D eigenvalue weighted by Crippen LogP contribution is 2.35. The van der Waals surface area contributed by atoms with E-state index in [1.807, 2.05) is 36.4 Å². The van der Waals surface area contributed by atoms with E-state index in [4.69, 9.17) is 21.1 Å². The molecule has 6 nitrogen and oxygen atoms in total. The van der Waals surface area contributed by atoms with Crippen LogP contribution in [0.1, 0.15) is 15.2 Å². The van der Waals surface area contributed by atoms with E-state index in [0.717, 1.165) is 15.6 Å². The van der Waals surface area contributed by atoms with Crippen molar-refractivity contribution in [2.24, 2.45) is 0 Å². The Balaban J connectivity index is 1.32. The number of halogens is 1. The highest BCUT2D eigenvalue weighted by Gasteiger charge is 2.17. The van der Waals surface area contributed by atoms with Crippen LogP contribution in [0.2, 0.25) is 5.02 Å². The summed E-state index contributed by atoms with van der Waals surface area (Å²) in [5.74, 6) is 0.699. The molecule has 2 heterocycles. The number of fused-ring (bicyclic) bond motifs is 2. The first-order valence-electron chi connectivity index (χ1n) is 8.22. The molecular formula is C19H15ClN2O4S. The molecule has 8 heteroatoms. The van der Waals surface area contributed by atoms with E-state index in [0.29, 0.717) is 27.9 Å². The van der Waals surface area contributed by atoms with Gasteiger partial charge in [-0.3, -0.25) is 9.59 Å². The van der Waals surface area contributed by atoms with E-state index in [1.165, 1.54) is 11.3 Å². The van der Waals surface area contributed by atoms with Crippen LogP contribution in [-0.2, 0) is 11.3 Å². The number of ether oxygens (including phenoxy) is 2. The molecule has 0 fully saturated rings. The maximum atomic E-state index is 12.3. The monoisotopic (exact) mass is 402 g/mol. The fourth-order valence-electron chi connectivity index (χ4n) is 2.71. The van der Waals surface area contributed by atoms with Crippen molar-refractivity contribution in [2.45, 2.75) is 6.54 Å². The maximum absolute atomic E-state index is 12.3. The molecular weight excluding hydrogens is 388 g/mol. The predicted octanol–water partition coefficient (Wildman–Crippen LogP) is 3.33. The topological polar surface area (TPSA) is 76.7 Å². The van der Waals surface area contributed by atoms with Crippen molar-refractivity contribution in [2.75, 3.05) is 13.3 Å². The average molecular weight is 403 g/mol. The molecule has 27 heavy (non-hydrogen) atoms. The quantitative estimate of drug-likeness (QED) is 0.686. The Hall–Kier alpha value is -2.77. The third kappa shape index (κ3) is 3.70. The van der Waals surface area contributed by atoms with Crippen LogP contribution < -0.4 is 20.1 Å². The minimum Gasteiger partial charge on any atom is -0.454 e. The summed E-state index contributed by atoms with van der Waals surface area (Å²) in [5, 5.41) is 6.61. The average Bonchev–Trinajstić information content (AvgIpc) is 3.29. The van der Waals surface area contributed by atoms with Crippen LogP contribution in [0.5, 0.6) is 11.5 Å². The molecule has 0 saturated heterocycles. The van der Waals surface area contributed by atoms with E-state index in [1.54, 1.807) is 6.07 Å². The van der Waals surface area contributed by atoms with Crippen molar-refractivity contribution < 1.29 is 19.1 Å². The molecule has 4 rings (SSSR count). The largest absolute Gasteiger partial charge is 0.454 e. The summed E-state index contributed by atoms with van der Waals surface area (Å²) in [6, 6.07) is 13.0. The van der Waals surface area contributed by atoms with Crippen LogP contribution in [0.15, 0.2) is 42.5 Å². The molecule has 0 aliphatic carbocycles. The zero-order valence-corrected chi connectivity index (χ0v) is 15.7. The van der Waals surface area contributed by atoms with Crippen molar-refractivity contribution in [3.63, 3.8) is 0 Å². The first kappa shape index (κ1) is 17.6. The van der Waals surface area contributed by atoms with Gasteiger partial charge in [0, 0.05) is 16.6 Å². The van der Waals surface area contributed by atoms with Gasteiger partial charge in [-0.1, -0.05) is 35.9 Å². The molecule has 2 amide bonds. The fourth-order valence-corrected chi connectivity index (χ4v) is 4.15. The lowest BCUT2D eigenvalue weighted by atomic mass is 10.2. The summed E-state index contributed by atoms with van der Waals surface area (Å²) in [6.07, 6.45) is 0. The molecule has 2 aromatic carbocycles. The van der Waals surface area contributed by atoms with Crippen LogP contribution in [0, 0.1) is 0 Å². The van der Waals surface area contributed by atoms with Crippen molar-refractivity contribution in [3.05, 3.63) is 57.9 Å². The molecule has 0 atom stereocenters.